The lowest BCUT2D eigenvalue weighted by Crippen LogP contribution is -2.29. The minimum atomic E-state index is -3.45. The number of sulfone groups is 1. The molecule has 0 aliphatic carbocycles. The molecular formula is C17H20N2O5S. The number of carbonyl (C=O) groups excluding carboxylic acids is 1. The highest BCUT2D eigenvalue weighted by Gasteiger charge is 2.29. The normalized spacial score (nSPS) is 15.9. The molecule has 1 aliphatic heterocycles. The molecule has 1 amide bonds. The number of carbonyl (C=O) groups is 1. The van der Waals surface area contributed by atoms with Crippen molar-refractivity contribution in [3.63, 3.8) is 0 Å². The lowest BCUT2D eigenvalue weighted by Gasteiger charge is -2.22. The van der Waals surface area contributed by atoms with Crippen molar-refractivity contribution >= 4 is 21.4 Å². The van der Waals surface area contributed by atoms with Gasteiger partial charge in [-0.25, -0.2) is 8.42 Å². The van der Waals surface area contributed by atoms with Crippen LogP contribution < -0.4 is 5.32 Å². The van der Waals surface area contributed by atoms with Crippen molar-refractivity contribution in [1.29, 1.82) is 0 Å². The van der Waals surface area contributed by atoms with Crippen molar-refractivity contribution in [2.24, 2.45) is 0 Å². The Hall–Kier alpha value is -2.19. The number of nitrogens with one attached hydrogen (secondary N) is 1. The number of nitrogens with zero attached hydrogens (tertiary/aromatic N) is 1. The highest BCUT2D eigenvalue weighted by molar-refractivity contribution is 7.92. The summed E-state index contributed by atoms with van der Waals surface area (Å²) in [6.45, 7) is 4.23. The topological polar surface area (TPSA) is 98.5 Å². The Morgan fingerprint density at radius 3 is 2.60 bits per heavy atom. The third kappa shape index (κ3) is 3.59. The fourth-order valence-corrected chi connectivity index (χ4v) is 4.69. The molecule has 2 heterocycles. The van der Waals surface area contributed by atoms with E-state index >= 15 is 0 Å². The maximum absolute atomic E-state index is 12.8. The van der Waals surface area contributed by atoms with Crippen molar-refractivity contribution in [1.82, 2.24) is 5.16 Å². The van der Waals surface area contributed by atoms with Crippen LogP contribution >= 0.6 is 0 Å². The first kappa shape index (κ1) is 17.6. The average Bonchev–Trinajstić information content (AvgIpc) is 2.94. The van der Waals surface area contributed by atoms with Gasteiger partial charge in [0.2, 0.25) is 0 Å². The molecular weight excluding hydrogens is 344 g/mol. The Balaban J connectivity index is 1.83. The summed E-state index contributed by atoms with van der Waals surface area (Å²) in [7, 11) is -3.45. The van der Waals surface area contributed by atoms with E-state index in [4.69, 9.17) is 9.26 Å². The van der Waals surface area contributed by atoms with Gasteiger partial charge in [0.05, 0.1) is 15.8 Å². The fourth-order valence-electron chi connectivity index (χ4n) is 2.93. The number of anilines is 1. The second-order valence-corrected chi connectivity index (χ2v) is 8.27. The number of aromatic nitrogens is 1. The zero-order chi connectivity index (χ0) is 18.0. The van der Waals surface area contributed by atoms with E-state index in [1.165, 1.54) is 6.07 Å². The van der Waals surface area contributed by atoms with Gasteiger partial charge in [-0.2, -0.15) is 0 Å². The Bertz CT molecular complexity index is 863. The first-order chi connectivity index (χ1) is 11.9. The summed E-state index contributed by atoms with van der Waals surface area (Å²) < 4.78 is 35.8. The van der Waals surface area contributed by atoms with Gasteiger partial charge in [-0.05, 0) is 44.9 Å². The Labute approximate surface area is 146 Å². The summed E-state index contributed by atoms with van der Waals surface area (Å²) in [4.78, 5) is 12.6. The van der Waals surface area contributed by atoms with Crippen LogP contribution in [0.2, 0.25) is 0 Å². The van der Waals surface area contributed by atoms with Gasteiger partial charge in [0.15, 0.2) is 9.84 Å². The molecule has 1 aromatic carbocycles. The van der Waals surface area contributed by atoms with Crippen LogP contribution in [0.5, 0.6) is 0 Å². The summed E-state index contributed by atoms with van der Waals surface area (Å²) in [6.07, 6.45) is 0.968. The lowest BCUT2D eigenvalue weighted by molar-refractivity contribution is 0.0983. The van der Waals surface area contributed by atoms with Gasteiger partial charge in [0.1, 0.15) is 11.3 Å². The molecule has 7 nitrogen and oxygen atoms in total. The van der Waals surface area contributed by atoms with Gasteiger partial charge < -0.3 is 14.6 Å². The van der Waals surface area contributed by atoms with Crippen LogP contribution in [0.3, 0.4) is 0 Å². The zero-order valence-corrected chi connectivity index (χ0v) is 14.9. The molecule has 25 heavy (non-hydrogen) atoms. The molecule has 1 N–H and O–H groups in total. The van der Waals surface area contributed by atoms with Crippen LogP contribution in [0.15, 0.2) is 33.7 Å². The second-order valence-electron chi connectivity index (χ2n) is 6.04. The van der Waals surface area contributed by atoms with E-state index in [0.717, 1.165) is 0 Å². The molecule has 0 atom stereocenters. The second kappa shape index (κ2) is 6.97. The average molecular weight is 364 g/mol. The lowest BCUT2D eigenvalue weighted by atomic mass is 10.2. The van der Waals surface area contributed by atoms with Crippen molar-refractivity contribution in [2.45, 2.75) is 36.8 Å². The highest BCUT2D eigenvalue weighted by atomic mass is 32.2. The molecule has 2 aromatic rings. The molecule has 8 heteroatoms. The third-order valence-electron chi connectivity index (χ3n) is 4.29. The van der Waals surface area contributed by atoms with Crippen molar-refractivity contribution in [3.05, 3.63) is 41.3 Å². The highest BCUT2D eigenvalue weighted by Crippen LogP contribution is 2.26. The summed E-state index contributed by atoms with van der Waals surface area (Å²) in [5.41, 5.74) is 1.26. The van der Waals surface area contributed by atoms with Crippen LogP contribution in [0.1, 0.15) is 34.7 Å². The Morgan fingerprint density at radius 1 is 1.24 bits per heavy atom. The molecule has 0 saturated carbocycles. The van der Waals surface area contributed by atoms with Gasteiger partial charge in [0, 0.05) is 18.9 Å². The quantitative estimate of drug-likeness (QED) is 0.895. The molecule has 0 bridgehead atoms. The number of rotatable bonds is 4. The largest absolute Gasteiger partial charge is 0.381 e. The van der Waals surface area contributed by atoms with E-state index in [9.17, 15) is 13.2 Å². The third-order valence-corrected chi connectivity index (χ3v) is 6.55. The smallest absolute Gasteiger partial charge is 0.261 e. The molecule has 3 rings (SSSR count). The Kier molecular flexibility index (Phi) is 4.91. The predicted molar refractivity (Wildman–Crippen MR) is 91.4 cm³/mol. The minimum Gasteiger partial charge on any atom is -0.381 e. The standard InChI is InChI=1S/C17H20N2O5S/c1-11-16(12(2)24-19-11)17(20)18-13-4-3-5-15(10-13)25(21,22)14-6-8-23-9-7-14/h3-5,10,14H,6-9H2,1-2H3,(H,18,20). The molecule has 0 unspecified atom stereocenters. The number of benzene rings is 1. The maximum atomic E-state index is 12.8. The van der Waals surface area contributed by atoms with E-state index in [1.807, 2.05) is 0 Å². The van der Waals surface area contributed by atoms with Gasteiger partial charge in [0.25, 0.3) is 5.91 Å². The molecule has 134 valence electrons. The SMILES string of the molecule is Cc1noc(C)c1C(=O)Nc1cccc(S(=O)(=O)C2CCOCC2)c1. The van der Waals surface area contributed by atoms with Crippen LogP contribution in [-0.4, -0.2) is 37.9 Å². The van der Waals surface area contributed by atoms with E-state index in [1.54, 1.807) is 32.0 Å². The van der Waals surface area contributed by atoms with Crippen LogP contribution in [0.25, 0.3) is 0 Å². The number of hydrogen-bond donors (Lipinski definition) is 1. The number of amides is 1. The van der Waals surface area contributed by atoms with Crippen LogP contribution in [0.4, 0.5) is 5.69 Å². The van der Waals surface area contributed by atoms with E-state index < -0.39 is 15.1 Å². The fraction of sp³-hybridized carbons (Fsp3) is 0.412. The summed E-state index contributed by atoms with van der Waals surface area (Å²) >= 11 is 0. The minimum absolute atomic E-state index is 0.205. The summed E-state index contributed by atoms with van der Waals surface area (Å²) in [5, 5.41) is 6.02. The first-order valence-electron chi connectivity index (χ1n) is 8.05. The monoisotopic (exact) mass is 364 g/mol. The molecule has 1 aliphatic rings. The number of ether oxygens (including phenoxy) is 1. The van der Waals surface area contributed by atoms with E-state index in [2.05, 4.69) is 10.5 Å². The van der Waals surface area contributed by atoms with Crippen molar-refractivity contribution < 1.29 is 22.5 Å². The maximum Gasteiger partial charge on any atom is 0.261 e. The summed E-state index contributed by atoms with van der Waals surface area (Å²) in [5.74, 6) is 0.0397. The summed E-state index contributed by atoms with van der Waals surface area (Å²) in [6, 6.07) is 6.31. The zero-order valence-electron chi connectivity index (χ0n) is 14.1. The van der Waals surface area contributed by atoms with Crippen molar-refractivity contribution in [3.8, 4) is 0 Å². The molecule has 0 spiro atoms. The number of hydrogen-bond acceptors (Lipinski definition) is 6. The van der Waals surface area contributed by atoms with E-state index in [-0.39, 0.29) is 10.8 Å². The molecule has 1 fully saturated rings. The molecule has 0 radical (unpaired) electrons. The Morgan fingerprint density at radius 2 is 1.96 bits per heavy atom. The first-order valence-corrected chi connectivity index (χ1v) is 9.60. The van der Waals surface area contributed by atoms with Gasteiger partial charge in [-0.15, -0.1) is 0 Å². The van der Waals surface area contributed by atoms with Crippen LogP contribution in [0, 0.1) is 13.8 Å². The van der Waals surface area contributed by atoms with Crippen LogP contribution in [-0.2, 0) is 14.6 Å². The predicted octanol–water partition coefficient (Wildman–Crippen LogP) is 2.50. The van der Waals surface area contributed by atoms with Gasteiger partial charge in [-0.1, -0.05) is 11.2 Å². The van der Waals surface area contributed by atoms with Gasteiger partial charge in [-0.3, -0.25) is 4.79 Å². The van der Waals surface area contributed by atoms with Crippen molar-refractivity contribution in [2.75, 3.05) is 18.5 Å². The molecule has 1 aromatic heterocycles. The number of aryl methyl sites for hydroxylation is 2. The molecule has 1 saturated heterocycles. The van der Waals surface area contributed by atoms with E-state index in [0.29, 0.717) is 48.8 Å². The van der Waals surface area contributed by atoms with Gasteiger partial charge >= 0.3 is 0 Å².